The van der Waals surface area contributed by atoms with Crippen LogP contribution in [0.25, 0.3) is 11.3 Å². The third-order valence-electron chi connectivity index (χ3n) is 4.77. The van der Waals surface area contributed by atoms with E-state index in [1.165, 1.54) is 5.56 Å². The molecular weight excluding hydrogens is 338 g/mol. The quantitative estimate of drug-likeness (QED) is 0.623. The van der Waals surface area contributed by atoms with Crippen molar-refractivity contribution in [2.75, 3.05) is 19.5 Å². The Kier molecular flexibility index (Phi) is 7.45. The van der Waals surface area contributed by atoms with Crippen molar-refractivity contribution in [2.24, 2.45) is 0 Å². The fraction of sp³-hybridized carbons (Fsp3) is 0.545. The minimum atomic E-state index is 0.154. The molecule has 1 N–H and O–H groups in total. The summed E-state index contributed by atoms with van der Waals surface area (Å²) >= 11 is 0. The summed E-state index contributed by atoms with van der Waals surface area (Å²) in [6, 6.07) is 6.28. The van der Waals surface area contributed by atoms with Crippen molar-refractivity contribution < 1.29 is 9.47 Å². The van der Waals surface area contributed by atoms with E-state index in [-0.39, 0.29) is 6.10 Å². The number of ether oxygens (including phenoxy) is 2. The van der Waals surface area contributed by atoms with E-state index in [1.807, 2.05) is 14.0 Å². The minimum absolute atomic E-state index is 0.154. The van der Waals surface area contributed by atoms with Gasteiger partial charge in [0.25, 0.3) is 5.88 Å². The second kappa shape index (κ2) is 9.58. The van der Waals surface area contributed by atoms with Crippen molar-refractivity contribution in [3.05, 3.63) is 29.5 Å². The Balaban J connectivity index is 2.47. The summed E-state index contributed by atoms with van der Waals surface area (Å²) in [5.74, 6) is 2.47. The predicted octanol–water partition coefficient (Wildman–Crippen LogP) is 5.58. The predicted molar refractivity (Wildman–Crippen MR) is 112 cm³/mol. The first-order chi connectivity index (χ1) is 12.9. The van der Waals surface area contributed by atoms with E-state index in [0.717, 1.165) is 42.0 Å². The lowest BCUT2D eigenvalue weighted by Gasteiger charge is -2.20. The topological polar surface area (TPSA) is 56.3 Å². The van der Waals surface area contributed by atoms with Crippen molar-refractivity contribution in [1.82, 2.24) is 9.97 Å². The number of rotatable bonds is 9. The number of aromatic nitrogens is 2. The summed E-state index contributed by atoms with van der Waals surface area (Å²) < 4.78 is 11.8. The molecule has 0 fully saturated rings. The van der Waals surface area contributed by atoms with Gasteiger partial charge < -0.3 is 14.8 Å². The number of nitrogens with one attached hydrogen (secondary N) is 1. The maximum absolute atomic E-state index is 6.14. The zero-order chi connectivity index (χ0) is 20.0. The number of hydrogen-bond donors (Lipinski definition) is 1. The molecule has 1 aromatic carbocycles. The molecule has 5 nitrogen and oxygen atoms in total. The van der Waals surface area contributed by atoms with Gasteiger partial charge in [-0.1, -0.05) is 40.2 Å². The molecular formula is C22H33N3O2. The van der Waals surface area contributed by atoms with Crippen LogP contribution in [0, 0.1) is 6.92 Å². The second-order valence-corrected chi connectivity index (χ2v) is 7.11. The molecule has 0 aliphatic rings. The van der Waals surface area contributed by atoms with Crippen LogP contribution in [0.5, 0.6) is 11.6 Å². The van der Waals surface area contributed by atoms with Gasteiger partial charge in [0.15, 0.2) is 5.82 Å². The Bertz CT molecular complexity index is 759. The van der Waals surface area contributed by atoms with Crippen LogP contribution >= 0.6 is 0 Å². The van der Waals surface area contributed by atoms with Gasteiger partial charge in [-0.3, -0.25) is 0 Å². The third-order valence-corrected chi connectivity index (χ3v) is 4.77. The molecule has 0 bridgehead atoms. The molecule has 27 heavy (non-hydrogen) atoms. The lowest BCUT2D eigenvalue weighted by Crippen LogP contribution is -2.17. The number of nitrogens with zero attached hydrogens (tertiary/aromatic N) is 2. The van der Waals surface area contributed by atoms with Gasteiger partial charge in [-0.15, -0.1) is 0 Å². The number of benzene rings is 1. The standard InChI is InChI=1S/C22H33N3O2/c1-8-10-17(9-2)27-22-21(23-6)25-20(15(5)24-22)18-12-11-16(14(3)4)13-19(18)26-7/h11-14,17H,8-10H2,1-7H3,(H,23,25). The van der Waals surface area contributed by atoms with E-state index in [2.05, 4.69) is 51.2 Å². The Morgan fingerprint density at radius 2 is 1.89 bits per heavy atom. The number of anilines is 1. The molecule has 0 amide bonds. The average Bonchev–Trinajstić information content (AvgIpc) is 2.67. The minimum Gasteiger partial charge on any atom is -0.496 e. The van der Waals surface area contributed by atoms with Crippen molar-refractivity contribution in [3.63, 3.8) is 0 Å². The first kappa shape index (κ1) is 21.0. The van der Waals surface area contributed by atoms with Crippen molar-refractivity contribution in [2.45, 2.75) is 65.9 Å². The van der Waals surface area contributed by atoms with Crippen LogP contribution in [0.15, 0.2) is 18.2 Å². The van der Waals surface area contributed by atoms with Crippen molar-refractivity contribution in [3.8, 4) is 22.9 Å². The molecule has 0 aliphatic carbocycles. The van der Waals surface area contributed by atoms with E-state index in [1.54, 1.807) is 7.11 Å². The Labute approximate surface area is 163 Å². The number of aryl methyl sites for hydroxylation is 1. The molecule has 2 rings (SSSR count). The fourth-order valence-electron chi connectivity index (χ4n) is 3.09. The van der Waals surface area contributed by atoms with E-state index < -0.39 is 0 Å². The maximum atomic E-state index is 6.14. The summed E-state index contributed by atoms with van der Waals surface area (Å²) in [6.45, 7) is 10.6. The molecule has 1 aromatic heterocycles. The molecule has 0 radical (unpaired) electrons. The number of hydrogen-bond acceptors (Lipinski definition) is 5. The zero-order valence-corrected chi connectivity index (χ0v) is 17.7. The molecule has 0 spiro atoms. The van der Waals surface area contributed by atoms with Crippen LogP contribution < -0.4 is 14.8 Å². The molecule has 5 heteroatoms. The SMILES string of the molecule is CCCC(CC)Oc1nc(C)c(-c2ccc(C(C)C)cc2OC)nc1NC. The molecule has 2 aromatic rings. The summed E-state index contributed by atoms with van der Waals surface area (Å²) in [7, 11) is 3.54. The van der Waals surface area contributed by atoms with Crippen LogP contribution in [0.4, 0.5) is 5.82 Å². The van der Waals surface area contributed by atoms with E-state index in [0.29, 0.717) is 17.6 Å². The first-order valence-corrected chi connectivity index (χ1v) is 9.86. The van der Waals surface area contributed by atoms with Gasteiger partial charge in [0.2, 0.25) is 0 Å². The van der Waals surface area contributed by atoms with Gasteiger partial charge in [-0.2, -0.15) is 0 Å². The zero-order valence-electron chi connectivity index (χ0n) is 17.7. The van der Waals surface area contributed by atoms with Crippen LogP contribution in [0.2, 0.25) is 0 Å². The molecule has 1 heterocycles. The smallest absolute Gasteiger partial charge is 0.257 e. The average molecular weight is 372 g/mol. The van der Waals surface area contributed by atoms with Gasteiger partial charge in [-0.05, 0) is 43.4 Å². The fourth-order valence-corrected chi connectivity index (χ4v) is 3.09. The molecule has 148 valence electrons. The lowest BCUT2D eigenvalue weighted by molar-refractivity contribution is 0.178. The highest BCUT2D eigenvalue weighted by Crippen LogP contribution is 2.35. The van der Waals surface area contributed by atoms with E-state index in [9.17, 15) is 0 Å². The Morgan fingerprint density at radius 1 is 1.15 bits per heavy atom. The number of methoxy groups -OCH3 is 1. The van der Waals surface area contributed by atoms with Crippen molar-refractivity contribution in [1.29, 1.82) is 0 Å². The van der Waals surface area contributed by atoms with Gasteiger partial charge >= 0.3 is 0 Å². The van der Waals surface area contributed by atoms with Gasteiger partial charge in [0, 0.05) is 12.6 Å². The molecule has 1 atom stereocenters. The summed E-state index contributed by atoms with van der Waals surface area (Å²) in [6.07, 6.45) is 3.19. The van der Waals surface area contributed by atoms with Crippen LogP contribution in [-0.4, -0.2) is 30.2 Å². The Morgan fingerprint density at radius 3 is 2.44 bits per heavy atom. The second-order valence-electron chi connectivity index (χ2n) is 7.11. The largest absolute Gasteiger partial charge is 0.496 e. The summed E-state index contributed by atoms with van der Waals surface area (Å²) in [5.41, 5.74) is 3.81. The Hall–Kier alpha value is -2.30. The molecule has 0 saturated carbocycles. The molecule has 0 saturated heterocycles. The van der Waals surface area contributed by atoms with Gasteiger partial charge in [0.05, 0.1) is 18.5 Å². The highest BCUT2D eigenvalue weighted by atomic mass is 16.5. The van der Waals surface area contributed by atoms with Crippen LogP contribution in [0.3, 0.4) is 0 Å². The molecule has 0 aliphatic heterocycles. The lowest BCUT2D eigenvalue weighted by atomic mass is 9.99. The highest BCUT2D eigenvalue weighted by molar-refractivity contribution is 5.71. The van der Waals surface area contributed by atoms with Gasteiger partial charge in [-0.25, -0.2) is 9.97 Å². The monoisotopic (exact) mass is 371 g/mol. The van der Waals surface area contributed by atoms with E-state index in [4.69, 9.17) is 19.4 Å². The van der Waals surface area contributed by atoms with Crippen LogP contribution in [-0.2, 0) is 0 Å². The summed E-state index contributed by atoms with van der Waals surface area (Å²) in [5, 5.41) is 3.13. The van der Waals surface area contributed by atoms with Crippen LogP contribution in [0.1, 0.15) is 64.1 Å². The van der Waals surface area contributed by atoms with Gasteiger partial charge in [0.1, 0.15) is 11.9 Å². The third kappa shape index (κ3) is 4.90. The summed E-state index contributed by atoms with van der Waals surface area (Å²) in [4.78, 5) is 9.53. The molecule has 1 unspecified atom stereocenters. The van der Waals surface area contributed by atoms with E-state index >= 15 is 0 Å². The normalized spacial score (nSPS) is 12.1. The highest BCUT2D eigenvalue weighted by Gasteiger charge is 2.19. The first-order valence-electron chi connectivity index (χ1n) is 9.86. The van der Waals surface area contributed by atoms with Crippen molar-refractivity contribution >= 4 is 5.82 Å². The maximum Gasteiger partial charge on any atom is 0.257 e.